The number of nitrogens with one attached hydrogen (secondary N) is 1. The zero-order valence-corrected chi connectivity index (χ0v) is 17.0. The number of benzene rings is 1. The maximum atomic E-state index is 11.3. The quantitative estimate of drug-likeness (QED) is 0.205. The van der Waals surface area contributed by atoms with Crippen molar-refractivity contribution in [1.29, 1.82) is 0 Å². The fraction of sp³-hybridized carbons (Fsp3) is 0.571. The maximum Gasteiger partial charge on any atom is 0.254 e. The molecule has 0 saturated heterocycles. The Kier molecular flexibility index (Phi) is 15.8. The Hall–Kier alpha value is -0.990. The van der Waals surface area contributed by atoms with Crippen molar-refractivity contribution in [1.82, 2.24) is 0 Å². The standard InChI is InChI=1S/C21H32ClNO.ClH/c1-2-3-4-5-6-7-8-9-10-11-12-15-18-23-20-17-14-13-16-19(20)21(22)24;/h10-11,13-14,16-17,23H,2-9,12,15,18H2,1H3;1H/b11-10+;. The molecule has 1 N–H and O–H groups in total. The first-order valence-electron chi connectivity index (χ1n) is 9.43. The molecule has 25 heavy (non-hydrogen) atoms. The average Bonchev–Trinajstić information content (AvgIpc) is 2.59. The number of hydrogen-bond acceptors (Lipinski definition) is 2. The van der Waals surface area contributed by atoms with Crippen molar-refractivity contribution in [3.05, 3.63) is 42.0 Å². The van der Waals surface area contributed by atoms with E-state index in [4.69, 9.17) is 11.6 Å². The molecular weight excluding hydrogens is 353 g/mol. The minimum atomic E-state index is -0.410. The molecule has 1 aromatic carbocycles. The second-order valence-corrected chi connectivity index (χ2v) is 6.61. The van der Waals surface area contributed by atoms with Crippen LogP contribution in [0.5, 0.6) is 0 Å². The lowest BCUT2D eigenvalue weighted by atomic mass is 10.1. The number of para-hydroxylation sites is 1. The van der Waals surface area contributed by atoms with Crippen molar-refractivity contribution in [2.24, 2.45) is 0 Å². The van der Waals surface area contributed by atoms with Gasteiger partial charge in [0.05, 0.1) is 5.56 Å². The van der Waals surface area contributed by atoms with Gasteiger partial charge in [0.25, 0.3) is 5.24 Å². The summed E-state index contributed by atoms with van der Waals surface area (Å²) >= 11 is 5.58. The minimum absolute atomic E-state index is 0. The van der Waals surface area contributed by atoms with Crippen LogP contribution in [0.3, 0.4) is 0 Å². The summed E-state index contributed by atoms with van der Waals surface area (Å²) in [5, 5.41) is 2.88. The Morgan fingerprint density at radius 1 is 0.960 bits per heavy atom. The fourth-order valence-electron chi connectivity index (χ4n) is 2.71. The van der Waals surface area contributed by atoms with Gasteiger partial charge in [-0.2, -0.15) is 0 Å². The Morgan fingerprint density at radius 3 is 2.24 bits per heavy atom. The summed E-state index contributed by atoms with van der Waals surface area (Å²) in [6, 6.07) is 7.38. The third-order valence-corrected chi connectivity index (χ3v) is 4.35. The first kappa shape index (κ1) is 24.0. The molecule has 0 heterocycles. The highest BCUT2D eigenvalue weighted by atomic mass is 35.5. The van der Waals surface area contributed by atoms with Crippen LogP contribution >= 0.6 is 24.0 Å². The second-order valence-electron chi connectivity index (χ2n) is 6.27. The summed E-state index contributed by atoms with van der Waals surface area (Å²) < 4.78 is 0. The molecule has 1 aromatic rings. The van der Waals surface area contributed by atoms with Crippen LogP contribution in [0.4, 0.5) is 5.69 Å². The number of carbonyl (C=O) groups is 1. The predicted molar refractivity (Wildman–Crippen MR) is 113 cm³/mol. The summed E-state index contributed by atoms with van der Waals surface area (Å²) in [5.41, 5.74) is 1.37. The highest BCUT2D eigenvalue weighted by Gasteiger charge is 2.06. The van der Waals surface area contributed by atoms with Crippen LogP contribution in [0.25, 0.3) is 0 Å². The second kappa shape index (κ2) is 16.5. The number of allylic oxidation sites excluding steroid dienone is 2. The van der Waals surface area contributed by atoms with Crippen LogP contribution in [0.1, 0.15) is 81.5 Å². The molecule has 0 radical (unpaired) electrons. The molecule has 0 amide bonds. The van der Waals surface area contributed by atoms with Crippen LogP contribution in [0.15, 0.2) is 36.4 Å². The summed E-state index contributed by atoms with van der Waals surface area (Å²) in [5.74, 6) is 0. The molecule has 0 fully saturated rings. The van der Waals surface area contributed by atoms with Gasteiger partial charge in [-0.1, -0.05) is 69.7 Å². The fourth-order valence-corrected chi connectivity index (χ4v) is 2.87. The van der Waals surface area contributed by atoms with Gasteiger partial charge in [0.1, 0.15) is 0 Å². The van der Waals surface area contributed by atoms with E-state index in [2.05, 4.69) is 24.4 Å². The molecule has 142 valence electrons. The monoisotopic (exact) mass is 385 g/mol. The number of anilines is 1. The van der Waals surface area contributed by atoms with Crippen LogP contribution in [-0.4, -0.2) is 11.8 Å². The number of unbranched alkanes of at least 4 members (excludes halogenated alkanes) is 8. The van der Waals surface area contributed by atoms with E-state index in [-0.39, 0.29) is 12.4 Å². The van der Waals surface area contributed by atoms with Gasteiger partial charge in [-0.15, -0.1) is 12.4 Å². The Morgan fingerprint density at radius 2 is 1.56 bits per heavy atom. The highest BCUT2D eigenvalue weighted by Crippen LogP contribution is 2.17. The molecule has 0 bridgehead atoms. The number of rotatable bonds is 14. The molecule has 0 aliphatic carbocycles. The molecule has 1 rings (SSSR count). The van der Waals surface area contributed by atoms with Gasteiger partial charge in [0, 0.05) is 12.2 Å². The largest absolute Gasteiger partial charge is 0.384 e. The zero-order valence-electron chi connectivity index (χ0n) is 15.4. The van der Waals surface area contributed by atoms with Crippen LogP contribution in [0.2, 0.25) is 0 Å². The summed E-state index contributed by atoms with van der Waals surface area (Å²) in [6.07, 6.45) is 17.5. The molecule has 0 aromatic heterocycles. The van der Waals surface area contributed by atoms with Crippen molar-refractivity contribution < 1.29 is 4.79 Å². The minimum Gasteiger partial charge on any atom is -0.384 e. The number of carbonyl (C=O) groups excluding carboxylic acids is 1. The van der Waals surface area contributed by atoms with E-state index < -0.39 is 5.24 Å². The first-order valence-corrected chi connectivity index (χ1v) is 9.81. The molecule has 0 aliphatic rings. The molecule has 0 unspecified atom stereocenters. The SMILES string of the molecule is CCCCCCCCC/C=C/CCCNc1ccccc1C(=O)Cl.Cl. The zero-order chi connectivity index (χ0) is 17.5. The summed E-state index contributed by atoms with van der Waals surface area (Å²) in [7, 11) is 0. The molecule has 4 heteroatoms. The topological polar surface area (TPSA) is 29.1 Å². The Bertz CT molecular complexity index is 489. The molecule has 2 nitrogen and oxygen atoms in total. The van der Waals surface area contributed by atoms with Gasteiger partial charge in [-0.25, -0.2) is 0 Å². The van der Waals surface area contributed by atoms with E-state index in [1.165, 1.54) is 51.4 Å². The molecule has 0 saturated carbocycles. The van der Waals surface area contributed by atoms with Gasteiger partial charge in [-0.05, 0) is 49.4 Å². The number of hydrogen-bond donors (Lipinski definition) is 1. The molecule has 0 atom stereocenters. The van der Waals surface area contributed by atoms with Crippen molar-refractivity contribution in [2.45, 2.75) is 71.1 Å². The molecule has 0 spiro atoms. The maximum absolute atomic E-state index is 11.3. The van der Waals surface area contributed by atoms with Crippen LogP contribution < -0.4 is 5.32 Å². The lowest BCUT2D eigenvalue weighted by Gasteiger charge is -2.08. The van der Waals surface area contributed by atoms with Gasteiger partial charge < -0.3 is 5.32 Å². The third-order valence-electron chi connectivity index (χ3n) is 4.14. The van der Waals surface area contributed by atoms with Crippen molar-refractivity contribution >= 4 is 34.9 Å². The van der Waals surface area contributed by atoms with E-state index in [1.54, 1.807) is 6.07 Å². The van der Waals surface area contributed by atoms with Crippen LogP contribution in [-0.2, 0) is 0 Å². The van der Waals surface area contributed by atoms with E-state index in [0.717, 1.165) is 25.1 Å². The van der Waals surface area contributed by atoms with Gasteiger partial charge in [-0.3, -0.25) is 4.79 Å². The van der Waals surface area contributed by atoms with Crippen molar-refractivity contribution in [3.8, 4) is 0 Å². The van der Waals surface area contributed by atoms with E-state index in [9.17, 15) is 4.79 Å². The van der Waals surface area contributed by atoms with E-state index in [0.29, 0.717) is 5.56 Å². The third kappa shape index (κ3) is 12.1. The summed E-state index contributed by atoms with van der Waals surface area (Å²) in [4.78, 5) is 11.3. The van der Waals surface area contributed by atoms with Gasteiger partial charge >= 0.3 is 0 Å². The van der Waals surface area contributed by atoms with E-state index in [1.807, 2.05) is 18.2 Å². The van der Waals surface area contributed by atoms with Crippen LogP contribution in [0, 0.1) is 0 Å². The first-order chi connectivity index (χ1) is 11.8. The molecular formula is C21H33Cl2NO. The average molecular weight is 386 g/mol. The molecule has 0 aliphatic heterocycles. The highest BCUT2D eigenvalue weighted by molar-refractivity contribution is 6.68. The lowest BCUT2D eigenvalue weighted by Crippen LogP contribution is -2.05. The Labute approximate surface area is 164 Å². The Balaban J connectivity index is 0.00000576. The van der Waals surface area contributed by atoms with Gasteiger partial charge in [0.2, 0.25) is 0 Å². The predicted octanol–water partition coefficient (Wildman–Crippen LogP) is 7.38. The van der Waals surface area contributed by atoms with Crippen molar-refractivity contribution in [2.75, 3.05) is 11.9 Å². The van der Waals surface area contributed by atoms with Crippen molar-refractivity contribution in [3.63, 3.8) is 0 Å². The van der Waals surface area contributed by atoms with E-state index >= 15 is 0 Å². The summed E-state index contributed by atoms with van der Waals surface area (Å²) in [6.45, 7) is 3.11. The van der Waals surface area contributed by atoms with Gasteiger partial charge in [0.15, 0.2) is 0 Å². The smallest absolute Gasteiger partial charge is 0.254 e. The number of halogens is 2. The lowest BCUT2D eigenvalue weighted by molar-refractivity contribution is 0.108. The normalized spacial score (nSPS) is 10.6.